The van der Waals surface area contributed by atoms with Gasteiger partial charge in [0.2, 0.25) is 0 Å². The lowest BCUT2D eigenvalue weighted by atomic mass is 9.95. The quantitative estimate of drug-likeness (QED) is 0.187. The van der Waals surface area contributed by atoms with Gasteiger partial charge in [-0.05, 0) is 59.2 Å². The Labute approximate surface area is 287 Å². The van der Waals surface area contributed by atoms with Crippen molar-refractivity contribution in [3.63, 3.8) is 0 Å². The molecule has 10 aromatic rings. The topological polar surface area (TPSA) is 65.0 Å². The molecular formula is C45H27N3O2. The molecule has 0 saturated heterocycles. The van der Waals surface area contributed by atoms with Crippen LogP contribution in [0.2, 0.25) is 0 Å². The number of fused-ring (bicyclic) bond motifs is 6. The van der Waals surface area contributed by atoms with Crippen molar-refractivity contribution in [3.05, 3.63) is 164 Å². The molecule has 0 aliphatic rings. The van der Waals surface area contributed by atoms with Gasteiger partial charge in [-0.3, -0.25) is 4.98 Å². The molecule has 5 heteroatoms. The molecule has 0 spiro atoms. The van der Waals surface area contributed by atoms with E-state index in [0.717, 1.165) is 94.2 Å². The van der Waals surface area contributed by atoms with Crippen LogP contribution in [0.15, 0.2) is 173 Å². The third-order valence-electron chi connectivity index (χ3n) is 9.43. The van der Waals surface area contributed by atoms with Gasteiger partial charge in [-0.15, -0.1) is 0 Å². The lowest BCUT2D eigenvalue weighted by Gasteiger charge is -2.12. The number of pyridine rings is 1. The van der Waals surface area contributed by atoms with Crippen molar-refractivity contribution < 1.29 is 8.83 Å². The molecule has 0 unspecified atom stereocenters. The van der Waals surface area contributed by atoms with Crippen LogP contribution in [0.25, 0.3) is 100 Å². The second-order valence-corrected chi connectivity index (χ2v) is 12.4. The minimum absolute atomic E-state index is 0.662. The summed E-state index contributed by atoms with van der Waals surface area (Å²) in [7, 11) is 0. The van der Waals surface area contributed by atoms with Gasteiger partial charge in [-0.25, -0.2) is 9.97 Å². The highest BCUT2D eigenvalue weighted by molar-refractivity contribution is 6.16. The molecule has 6 aromatic carbocycles. The number of para-hydroxylation sites is 2. The first-order chi connectivity index (χ1) is 24.8. The molecule has 0 bridgehead atoms. The Morgan fingerprint density at radius 3 is 1.88 bits per heavy atom. The number of rotatable bonds is 5. The summed E-state index contributed by atoms with van der Waals surface area (Å²) in [5.41, 5.74) is 12.1. The number of nitrogens with zero attached hydrogens (tertiary/aromatic N) is 3. The minimum atomic E-state index is 0.662. The molecule has 0 radical (unpaired) electrons. The molecule has 0 atom stereocenters. The summed E-state index contributed by atoms with van der Waals surface area (Å²) in [5, 5.41) is 4.25. The summed E-state index contributed by atoms with van der Waals surface area (Å²) in [4.78, 5) is 14.6. The van der Waals surface area contributed by atoms with Gasteiger partial charge in [0.05, 0.1) is 11.4 Å². The summed E-state index contributed by atoms with van der Waals surface area (Å²) in [6, 6.07) is 51.8. The third-order valence-corrected chi connectivity index (χ3v) is 9.43. The van der Waals surface area contributed by atoms with Gasteiger partial charge in [-0.1, -0.05) is 109 Å². The third kappa shape index (κ3) is 4.67. The van der Waals surface area contributed by atoms with Gasteiger partial charge < -0.3 is 8.83 Å². The number of hydrogen-bond donors (Lipinski definition) is 0. The molecule has 0 amide bonds. The highest BCUT2D eigenvalue weighted by atomic mass is 16.3. The lowest BCUT2D eigenvalue weighted by Crippen LogP contribution is -1.96. The van der Waals surface area contributed by atoms with Gasteiger partial charge >= 0.3 is 0 Å². The molecule has 10 rings (SSSR count). The van der Waals surface area contributed by atoms with Gasteiger partial charge in [0.25, 0.3) is 0 Å². The van der Waals surface area contributed by atoms with E-state index in [1.54, 1.807) is 6.20 Å². The van der Waals surface area contributed by atoms with Crippen molar-refractivity contribution in [2.75, 3.05) is 0 Å². The molecule has 0 N–H and O–H groups in total. The summed E-state index contributed by atoms with van der Waals surface area (Å²) in [5.74, 6) is 0.662. The fourth-order valence-corrected chi connectivity index (χ4v) is 6.98. The Morgan fingerprint density at radius 1 is 0.400 bits per heavy atom. The van der Waals surface area contributed by atoms with Crippen LogP contribution in [0, 0.1) is 0 Å². The normalized spacial score (nSPS) is 11.6. The lowest BCUT2D eigenvalue weighted by molar-refractivity contribution is 0.668. The SMILES string of the molecule is c1ccc(-c2nc(-c3ccc(-c4cccnc4)cc3)cc(-c3ccc(-c4ccc5c(c4)oc4ccccc45)c4oc5ccccc5c34)n2)cc1. The zero-order valence-electron chi connectivity index (χ0n) is 26.7. The highest BCUT2D eigenvalue weighted by Gasteiger charge is 2.20. The number of benzene rings is 6. The first-order valence-corrected chi connectivity index (χ1v) is 16.6. The largest absolute Gasteiger partial charge is 0.456 e. The van der Waals surface area contributed by atoms with E-state index in [-0.39, 0.29) is 0 Å². The molecule has 50 heavy (non-hydrogen) atoms. The van der Waals surface area contributed by atoms with E-state index in [1.165, 1.54) is 0 Å². The van der Waals surface area contributed by atoms with Crippen LogP contribution in [-0.2, 0) is 0 Å². The summed E-state index contributed by atoms with van der Waals surface area (Å²) < 4.78 is 12.9. The Kier molecular flexibility index (Phi) is 6.42. The maximum Gasteiger partial charge on any atom is 0.160 e. The molecule has 0 saturated carbocycles. The fourth-order valence-electron chi connectivity index (χ4n) is 6.98. The Bertz CT molecular complexity index is 2850. The van der Waals surface area contributed by atoms with E-state index in [4.69, 9.17) is 18.8 Å². The summed E-state index contributed by atoms with van der Waals surface area (Å²) in [6.07, 6.45) is 3.67. The molecule has 4 aromatic heterocycles. The summed E-state index contributed by atoms with van der Waals surface area (Å²) >= 11 is 0. The van der Waals surface area contributed by atoms with Crippen molar-refractivity contribution in [3.8, 4) is 56.2 Å². The first-order valence-electron chi connectivity index (χ1n) is 16.6. The van der Waals surface area contributed by atoms with Crippen molar-refractivity contribution in [2.24, 2.45) is 0 Å². The fraction of sp³-hybridized carbons (Fsp3) is 0. The Hall–Kier alpha value is -6.85. The minimum Gasteiger partial charge on any atom is -0.456 e. The molecule has 0 fully saturated rings. The average molecular weight is 642 g/mol. The Balaban J connectivity index is 1.17. The van der Waals surface area contributed by atoms with Crippen LogP contribution in [-0.4, -0.2) is 15.0 Å². The van der Waals surface area contributed by atoms with E-state index >= 15 is 0 Å². The molecule has 0 aliphatic heterocycles. The zero-order chi connectivity index (χ0) is 33.0. The molecular weight excluding hydrogens is 615 g/mol. The predicted molar refractivity (Wildman–Crippen MR) is 202 cm³/mol. The second kappa shape index (κ2) is 11.4. The van der Waals surface area contributed by atoms with Crippen molar-refractivity contribution >= 4 is 43.9 Å². The number of aromatic nitrogens is 3. The van der Waals surface area contributed by atoms with Crippen LogP contribution in [0.1, 0.15) is 0 Å². The van der Waals surface area contributed by atoms with Crippen LogP contribution in [0.3, 0.4) is 0 Å². The van der Waals surface area contributed by atoms with Crippen LogP contribution < -0.4 is 0 Å². The van der Waals surface area contributed by atoms with E-state index in [1.807, 2.05) is 60.8 Å². The maximum atomic E-state index is 6.68. The van der Waals surface area contributed by atoms with E-state index in [9.17, 15) is 0 Å². The first kappa shape index (κ1) is 28.2. The molecule has 5 nitrogen and oxygen atoms in total. The highest BCUT2D eigenvalue weighted by Crippen LogP contribution is 2.43. The Morgan fingerprint density at radius 2 is 1.06 bits per heavy atom. The van der Waals surface area contributed by atoms with Crippen LogP contribution in [0.4, 0.5) is 0 Å². The standard InChI is InChI=1S/C45H27N3O2/c1-2-9-30(10-3-1)45-47-38(29-18-16-28(17-19-29)32-11-8-24-46-27-32)26-39(48-45)36-23-22-33(44-43(36)37-13-5-7-15-41(37)50-44)31-20-21-35-34-12-4-6-14-40(34)49-42(35)25-31/h1-27H. The van der Waals surface area contributed by atoms with Crippen molar-refractivity contribution in [2.45, 2.75) is 0 Å². The zero-order valence-corrected chi connectivity index (χ0v) is 26.7. The average Bonchev–Trinajstić information content (AvgIpc) is 3.77. The molecule has 234 valence electrons. The van der Waals surface area contributed by atoms with Crippen molar-refractivity contribution in [1.29, 1.82) is 0 Å². The van der Waals surface area contributed by atoms with Gasteiger partial charge in [0.1, 0.15) is 22.3 Å². The maximum absolute atomic E-state index is 6.68. The predicted octanol–water partition coefficient (Wildman–Crippen LogP) is 12.0. The number of furan rings is 2. The van der Waals surface area contributed by atoms with Crippen LogP contribution in [0.5, 0.6) is 0 Å². The monoisotopic (exact) mass is 641 g/mol. The van der Waals surface area contributed by atoms with E-state index in [0.29, 0.717) is 5.82 Å². The van der Waals surface area contributed by atoms with Gasteiger partial charge in [0.15, 0.2) is 5.82 Å². The summed E-state index contributed by atoms with van der Waals surface area (Å²) in [6.45, 7) is 0. The molecule has 0 aliphatic carbocycles. The smallest absolute Gasteiger partial charge is 0.160 e. The van der Waals surface area contributed by atoms with E-state index < -0.39 is 0 Å². The second-order valence-electron chi connectivity index (χ2n) is 12.4. The van der Waals surface area contributed by atoms with Crippen LogP contribution >= 0.6 is 0 Å². The molecule has 4 heterocycles. The number of hydrogen-bond acceptors (Lipinski definition) is 5. The van der Waals surface area contributed by atoms with Gasteiger partial charge in [-0.2, -0.15) is 0 Å². The van der Waals surface area contributed by atoms with Crippen molar-refractivity contribution in [1.82, 2.24) is 15.0 Å². The van der Waals surface area contributed by atoms with E-state index in [2.05, 4.69) is 102 Å². The van der Waals surface area contributed by atoms with Gasteiger partial charge in [0, 0.05) is 56.2 Å².